The Morgan fingerprint density at radius 1 is 1.18 bits per heavy atom. The molecule has 0 aromatic heterocycles. The lowest BCUT2D eigenvalue weighted by Crippen LogP contribution is -2.40. The topological polar surface area (TPSA) is 64.4 Å². The second kappa shape index (κ2) is 6.36. The Morgan fingerprint density at radius 2 is 1.94 bits per heavy atom. The number of carbonyl (C=O) groups is 1. The van der Waals surface area contributed by atoms with Crippen LogP contribution in [-0.2, 0) is 9.53 Å². The molecule has 1 amide bonds. The van der Waals surface area contributed by atoms with Crippen molar-refractivity contribution in [1.29, 1.82) is 0 Å². The van der Waals surface area contributed by atoms with Gasteiger partial charge in [0.1, 0.15) is 0 Å². The quantitative estimate of drug-likeness (QED) is 0.779. The van der Waals surface area contributed by atoms with E-state index in [2.05, 4.69) is 5.32 Å². The van der Waals surface area contributed by atoms with E-state index in [-0.39, 0.29) is 17.9 Å². The van der Waals surface area contributed by atoms with Crippen LogP contribution < -0.4 is 11.1 Å². The first-order valence-corrected chi connectivity index (χ1v) is 6.90. The van der Waals surface area contributed by atoms with Crippen LogP contribution in [0, 0.1) is 5.92 Å². The van der Waals surface area contributed by atoms with Gasteiger partial charge in [0.2, 0.25) is 5.91 Å². The standard InChI is InChI=1S/C13H24N2O2/c14-11-6-4-10(5-7-11)13(16)15-9-12-3-1-2-8-17-12/h10-12H,1-9,14H2,(H,15,16). The van der Waals surface area contributed by atoms with Crippen molar-refractivity contribution in [2.24, 2.45) is 11.7 Å². The third-order valence-electron chi connectivity index (χ3n) is 3.92. The summed E-state index contributed by atoms with van der Waals surface area (Å²) in [4.78, 5) is 11.9. The lowest BCUT2D eigenvalue weighted by atomic mass is 9.86. The van der Waals surface area contributed by atoms with Crippen molar-refractivity contribution >= 4 is 5.91 Å². The molecule has 0 aromatic carbocycles. The van der Waals surface area contributed by atoms with Gasteiger partial charge in [-0.3, -0.25) is 4.79 Å². The van der Waals surface area contributed by atoms with Crippen LogP contribution in [0.1, 0.15) is 44.9 Å². The first kappa shape index (κ1) is 12.8. The molecule has 1 saturated heterocycles. The molecule has 1 aliphatic carbocycles. The molecule has 0 spiro atoms. The van der Waals surface area contributed by atoms with Gasteiger partial charge in [-0.25, -0.2) is 0 Å². The minimum Gasteiger partial charge on any atom is -0.376 e. The van der Waals surface area contributed by atoms with Crippen molar-refractivity contribution in [2.45, 2.75) is 57.1 Å². The Labute approximate surface area is 103 Å². The monoisotopic (exact) mass is 240 g/mol. The summed E-state index contributed by atoms with van der Waals surface area (Å²) in [5.74, 6) is 0.379. The zero-order valence-electron chi connectivity index (χ0n) is 10.5. The zero-order chi connectivity index (χ0) is 12.1. The average Bonchev–Trinajstić information content (AvgIpc) is 2.38. The SMILES string of the molecule is NC1CCC(C(=O)NCC2CCCCO2)CC1. The van der Waals surface area contributed by atoms with Gasteiger partial charge in [-0.15, -0.1) is 0 Å². The fourth-order valence-electron chi connectivity index (χ4n) is 2.71. The molecule has 1 aliphatic heterocycles. The maximum atomic E-state index is 11.9. The number of nitrogens with two attached hydrogens (primary N) is 1. The van der Waals surface area contributed by atoms with Crippen molar-refractivity contribution in [2.75, 3.05) is 13.2 Å². The number of rotatable bonds is 3. The van der Waals surface area contributed by atoms with Crippen molar-refractivity contribution in [3.05, 3.63) is 0 Å². The van der Waals surface area contributed by atoms with Crippen LogP contribution in [0.3, 0.4) is 0 Å². The Morgan fingerprint density at radius 3 is 2.59 bits per heavy atom. The van der Waals surface area contributed by atoms with E-state index in [0.29, 0.717) is 12.6 Å². The summed E-state index contributed by atoms with van der Waals surface area (Å²) in [5.41, 5.74) is 5.84. The predicted molar refractivity (Wildman–Crippen MR) is 66.5 cm³/mol. The first-order chi connectivity index (χ1) is 8.25. The van der Waals surface area contributed by atoms with Crippen molar-refractivity contribution in [1.82, 2.24) is 5.32 Å². The van der Waals surface area contributed by atoms with Crippen LogP contribution >= 0.6 is 0 Å². The van der Waals surface area contributed by atoms with E-state index in [1.165, 1.54) is 6.42 Å². The van der Waals surface area contributed by atoms with Crippen LogP contribution in [0.2, 0.25) is 0 Å². The summed E-state index contributed by atoms with van der Waals surface area (Å²) in [6.07, 6.45) is 7.55. The molecule has 4 nitrogen and oxygen atoms in total. The molecule has 0 aromatic rings. The summed E-state index contributed by atoms with van der Waals surface area (Å²) < 4.78 is 5.60. The van der Waals surface area contributed by atoms with Crippen LogP contribution in [0.5, 0.6) is 0 Å². The maximum Gasteiger partial charge on any atom is 0.223 e. The fourth-order valence-corrected chi connectivity index (χ4v) is 2.71. The molecule has 0 bridgehead atoms. The molecule has 1 heterocycles. The molecule has 4 heteroatoms. The number of nitrogens with one attached hydrogen (secondary N) is 1. The van der Waals surface area contributed by atoms with Gasteiger partial charge in [0.15, 0.2) is 0 Å². The van der Waals surface area contributed by atoms with Gasteiger partial charge in [0.25, 0.3) is 0 Å². The summed E-state index contributed by atoms with van der Waals surface area (Å²) in [6, 6.07) is 0.306. The predicted octanol–water partition coefficient (Wildman–Crippen LogP) is 1.19. The van der Waals surface area contributed by atoms with Crippen molar-refractivity contribution < 1.29 is 9.53 Å². The molecule has 1 saturated carbocycles. The Balaban J connectivity index is 1.66. The number of hydrogen-bond donors (Lipinski definition) is 2. The van der Waals surface area contributed by atoms with Gasteiger partial charge in [-0.1, -0.05) is 0 Å². The number of hydrogen-bond acceptors (Lipinski definition) is 3. The van der Waals surface area contributed by atoms with Crippen LogP contribution in [0.25, 0.3) is 0 Å². The highest BCUT2D eigenvalue weighted by molar-refractivity contribution is 5.78. The van der Waals surface area contributed by atoms with Crippen LogP contribution in [-0.4, -0.2) is 31.2 Å². The second-order valence-corrected chi connectivity index (χ2v) is 5.35. The molecule has 98 valence electrons. The first-order valence-electron chi connectivity index (χ1n) is 6.90. The Kier molecular flexibility index (Phi) is 4.80. The molecule has 2 fully saturated rings. The molecular weight excluding hydrogens is 216 g/mol. The lowest BCUT2D eigenvalue weighted by molar-refractivity contribution is -0.126. The zero-order valence-corrected chi connectivity index (χ0v) is 10.5. The van der Waals surface area contributed by atoms with Crippen LogP contribution in [0.4, 0.5) is 0 Å². The molecule has 2 aliphatic rings. The number of carbonyl (C=O) groups excluding carboxylic acids is 1. The van der Waals surface area contributed by atoms with Gasteiger partial charge in [0, 0.05) is 25.1 Å². The molecule has 1 unspecified atom stereocenters. The Bertz CT molecular complexity index is 244. The number of ether oxygens (including phenoxy) is 1. The van der Waals surface area contributed by atoms with E-state index in [0.717, 1.165) is 45.1 Å². The highest BCUT2D eigenvalue weighted by atomic mass is 16.5. The third-order valence-corrected chi connectivity index (χ3v) is 3.92. The fraction of sp³-hybridized carbons (Fsp3) is 0.923. The third kappa shape index (κ3) is 3.96. The summed E-state index contributed by atoms with van der Waals surface area (Å²) in [5, 5.41) is 3.03. The van der Waals surface area contributed by atoms with Crippen LogP contribution in [0.15, 0.2) is 0 Å². The number of amides is 1. The lowest BCUT2D eigenvalue weighted by Gasteiger charge is -2.27. The highest BCUT2D eigenvalue weighted by Crippen LogP contribution is 2.23. The minimum atomic E-state index is 0.179. The smallest absolute Gasteiger partial charge is 0.223 e. The van der Waals surface area contributed by atoms with E-state index in [9.17, 15) is 4.79 Å². The summed E-state index contributed by atoms with van der Waals surface area (Å²) in [6.45, 7) is 1.53. The highest BCUT2D eigenvalue weighted by Gasteiger charge is 2.25. The van der Waals surface area contributed by atoms with E-state index >= 15 is 0 Å². The molecule has 2 rings (SSSR count). The normalized spacial score (nSPS) is 34.3. The van der Waals surface area contributed by atoms with E-state index in [1.807, 2.05) is 0 Å². The molecule has 1 atom stereocenters. The van der Waals surface area contributed by atoms with E-state index < -0.39 is 0 Å². The Hall–Kier alpha value is -0.610. The van der Waals surface area contributed by atoms with Crippen molar-refractivity contribution in [3.8, 4) is 0 Å². The summed E-state index contributed by atoms with van der Waals surface area (Å²) in [7, 11) is 0. The van der Waals surface area contributed by atoms with E-state index in [1.54, 1.807) is 0 Å². The second-order valence-electron chi connectivity index (χ2n) is 5.35. The molecule has 17 heavy (non-hydrogen) atoms. The van der Waals surface area contributed by atoms with Gasteiger partial charge in [0.05, 0.1) is 6.10 Å². The molecule has 0 radical (unpaired) electrons. The van der Waals surface area contributed by atoms with E-state index in [4.69, 9.17) is 10.5 Å². The maximum absolute atomic E-state index is 11.9. The average molecular weight is 240 g/mol. The molecule has 3 N–H and O–H groups in total. The minimum absolute atomic E-state index is 0.179. The van der Waals surface area contributed by atoms with Gasteiger partial charge >= 0.3 is 0 Å². The van der Waals surface area contributed by atoms with Gasteiger partial charge in [-0.05, 0) is 44.9 Å². The van der Waals surface area contributed by atoms with Crippen molar-refractivity contribution in [3.63, 3.8) is 0 Å². The largest absolute Gasteiger partial charge is 0.376 e. The summed E-state index contributed by atoms with van der Waals surface area (Å²) >= 11 is 0. The van der Waals surface area contributed by atoms with Gasteiger partial charge < -0.3 is 15.8 Å². The van der Waals surface area contributed by atoms with Gasteiger partial charge in [-0.2, -0.15) is 0 Å². The molecular formula is C13H24N2O2.